The Morgan fingerprint density at radius 3 is 2.46 bits per heavy atom. The minimum Gasteiger partial charge on any atom is -0.339 e. The molecule has 1 aliphatic heterocycles. The summed E-state index contributed by atoms with van der Waals surface area (Å²) in [7, 11) is 0. The molecule has 0 N–H and O–H groups in total. The predicted molar refractivity (Wildman–Crippen MR) is 108 cm³/mol. The highest BCUT2D eigenvalue weighted by Gasteiger charge is 2.20. The number of Topliss-reactive ketones (excluding diaryl/α,β-unsaturated/α-hetero) is 1. The standard InChI is InChI=1S/C18H17ClN2OS.BrH/c19-16-8-6-15(7-9-16)17(22)13-21(18-20-10-11-23-18)12-14-4-2-1-3-5-14;/h1-9H,10-13H2;1H. The molecule has 24 heavy (non-hydrogen) atoms. The van der Waals surface area contributed by atoms with Gasteiger partial charge in [0.1, 0.15) is 0 Å². The molecule has 0 aromatic heterocycles. The number of nitrogens with zero attached hydrogens (tertiary/aromatic N) is 2. The first-order chi connectivity index (χ1) is 11.2. The average molecular weight is 426 g/mol. The van der Waals surface area contributed by atoms with Crippen molar-refractivity contribution in [1.29, 1.82) is 0 Å². The van der Waals surface area contributed by atoms with E-state index >= 15 is 0 Å². The van der Waals surface area contributed by atoms with Crippen molar-refractivity contribution in [2.24, 2.45) is 4.99 Å². The predicted octanol–water partition coefficient (Wildman–Crippen LogP) is 4.71. The molecule has 0 bridgehead atoms. The number of hydrogen-bond acceptors (Lipinski definition) is 4. The molecule has 0 aliphatic carbocycles. The Morgan fingerprint density at radius 2 is 1.83 bits per heavy atom. The first-order valence-electron chi connectivity index (χ1n) is 7.47. The molecule has 0 saturated carbocycles. The quantitative estimate of drug-likeness (QED) is 0.651. The van der Waals surface area contributed by atoms with E-state index in [-0.39, 0.29) is 22.8 Å². The SMILES string of the molecule is Br.O=C(CN(Cc1ccccc1)C1=NCCS1)c1ccc(Cl)cc1. The number of thioether (sulfide) groups is 1. The lowest BCUT2D eigenvalue weighted by molar-refractivity contribution is 0.0962. The second kappa shape index (κ2) is 9.25. The van der Waals surface area contributed by atoms with Gasteiger partial charge >= 0.3 is 0 Å². The van der Waals surface area contributed by atoms with Crippen molar-refractivity contribution in [3.8, 4) is 0 Å². The van der Waals surface area contributed by atoms with Crippen LogP contribution in [0.2, 0.25) is 5.02 Å². The Kier molecular flexibility index (Phi) is 7.34. The smallest absolute Gasteiger partial charge is 0.182 e. The molecule has 0 saturated heterocycles. The molecule has 2 aromatic carbocycles. The van der Waals surface area contributed by atoms with Gasteiger partial charge in [-0.1, -0.05) is 53.7 Å². The number of carbonyl (C=O) groups is 1. The van der Waals surface area contributed by atoms with Crippen LogP contribution < -0.4 is 0 Å². The van der Waals surface area contributed by atoms with Gasteiger partial charge in [-0.05, 0) is 29.8 Å². The molecular weight excluding hydrogens is 408 g/mol. The Balaban J connectivity index is 0.00000208. The van der Waals surface area contributed by atoms with E-state index in [0.717, 1.165) is 17.5 Å². The van der Waals surface area contributed by atoms with Crippen LogP contribution in [-0.2, 0) is 6.54 Å². The Labute approximate surface area is 161 Å². The van der Waals surface area contributed by atoms with Crippen LogP contribution in [-0.4, -0.2) is 34.7 Å². The molecular formula is C18H18BrClN2OS. The van der Waals surface area contributed by atoms with Gasteiger partial charge in [-0.25, -0.2) is 0 Å². The first-order valence-corrected chi connectivity index (χ1v) is 8.83. The highest BCUT2D eigenvalue weighted by molar-refractivity contribution is 8.93. The number of hydrogen-bond donors (Lipinski definition) is 0. The number of carbonyl (C=O) groups excluding carboxylic acids is 1. The van der Waals surface area contributed by atoms with Crippen molar-refractivity contribution in [3.63, 3.8) is 0 Å². The van der Waals surface area contributed by atoms with Crippen LogP contribution >= 0.6 is 40.3 Å². The van der Waals surface area contributed by atoms with Crippen LogP contribution in [0.4, 0.5) is 0 Å². The molecule has 0 radical (unpaired) electrons. The van der Waals surface area contributed by atoms with E-state index in [0.29, 0.717) is 23.7 Å². The van der Waals surface area contributed by atoms with Gasteiger partial charge in [-0.3, -0.25) is 9.79 Å². The summed E-state index contributed by atoms with van der Waals surface area (Å²) in [5.74, 6) is 1.06. The number of ketones is 1. The van der Waals surface area contributed by atoms with E-state index < -0.39 is 0 Å². The summed E-state index contributed by atoms with van der Waals surface area (Å²) in [6.45, 7) is 1.83. The van der Waals surface area contributed by atoms with Crippen LogP contribution in [0.1, 0.15) is 15.9 Å². The summed E-state index contributed by atoms with van der Waals surface area (Å²) in [6.07, 6.45) is 0. The van der Waals surface area contributed by atoms with Crippen molar-refractivity contribution in [2.75, 3.05) is 18.8 Å². The van der Waals surface area contributed by atoms with Crippen LogP contribution in [0.3, 0.4) is 0 Å². The second-order valence-corrected chi connectivity index (χ2v) is 6.78. The highest BCUT2D eigenvalue weighted by Crippen LogP contribution is 2.19. The Bertz CT molecular complexity index is 707. The van der Waals surface area contributed by atoms with E-state index in [9.17, 15) is 4.79 Å². The summed E-state index contributed by atoms with van der Waals surface area (Å²) in [5.41, 5.74) is 1.85. The molecule has 3 nitrogen and oxygen atoms in total. The third-order valence-corrected chi connectivity index (χ3v) is 4.84. The number of halogens is 2. The minimum atomic E-state index is 0. The Morgan fingerprint density at radius 1 is 1.12 bits per heavy atom. The van der Waals surface area contributed by atoms with Gasteiger partial charge in [0.25, 0.3) is 0 Å². The molecule has 0 atom stereocenters. The van der Waals surface area contributed by atoms with Gasteiger partial charge in [0.15, 0.2) is 11.0 Å². The first kappa shape index (κ1) is 19.0. The van der Waals surface area contributed by atoms with Gasteiger partial charge in [0, 0.05) is 22.9 Å². The molecule has 3 rings (SSSR count). The van der Waals surface area contributed by atoms with E-state index in [1.165, 1.54) is 5.56 Å². The molecule has 0 unspecified atom stereocenters. The average Bonchev–Trinajstić information content (AvgIpc) is 3.10. The lowest BCUT2D eigenvalue weighted by Gasteiger charge is -2.23. The van der Waals surface area contributed by atoms with Gasteiger partial charge < -0.3 is 4.90 Å². The number of aliphatic imine (C=N–C) groups is 1. The fourth-order valence-electron chi connectivity index (χ4n) is 2.41. The molecule has 0 fully saturated rings. The molecule has 1 heterocycles. The maximum atomic E-state index is 12.6. The van der Waals surface area contributed by atoms with Crippen molar-refractivity contribution in [3.05, 3.63) is 70.7 Å². The Hall–Kier alpha value is -1.30. The molecule has 1 aliphatic rings. The lowest BCUT2D eigenvalue weighted by atomic mass is 10.1. The molecule has 126 valence electrons. The van der Waals surface area contributed by atoms with Gasteiger partial charge in [0.2, 0.25) is 0 Å². The van der Waals surface area contributed by atoms with E-state index in [1.807, 2.05) is 18.2 Å². The normalized spacial score (nSPS) is 13.1. The van der Waals surface area contributed by atoms with Crippen molar-refractivity contribution >= 4 is 51.3 Å². The number of amidine groups is 1. The summed E-state index contributed by atoms with van der Waals surface area (Å²) in [4.78, 5) is 19.1. The summed E-state index contributed by atoms with van der Waals surface area (Å²) in [5, 5.41) is 1.59. The third-order valence-electron chi connectivity index (χ3n) is 3.56. The van der Waals surface area contributed by atoms with E-state index in [4.69, 9.17) is 11.6 Å². The summed E-state index contributed by atoms with van der Waals surface area (Å²) >= 11 is 7.60. The topological polar surface area (TPSA) is 32.7 Å². The van der Waals surface area contributed by atoms with Crippen molar-refractivity contribution < 1.29 is 4.79 Å². The molecule has 6 heteroatoms. The maximum absolute atomic E-state index is 12.6. The van der Waals surface area contributed by atoms with Gasteiger partial charge in [-0.2, -0.15) is 0 Å². The van der Waals surface area contributed by atoms with Crippen LogP contribution in [0.25, 0.3) is 0 Å². The van der Waals surface area contributed by atoms with Crippen LogP contribution in [0.5, 0.6) is 0 Å². The number of benzene rings is 2. The third kappa shape index (κ3) is 5.10. The fraction of sp³-hybridized carbons (Fsp3) is 0.222. The maximum Gasteiger partial charge on any atom is 0.182 e. The van der Waals surface area contributed by atoms with Crippen molar-refractivity contribution in [1.82, 2.24) is 4.90 Å². The zero-order chi connectivity index (χ0) is 16.1. The summed E-state index contributed by atoms with van der Waals surface area (Å²) in [6, 6.07) is 17.2. The molecule has 2 aromatic rings. The van der Waals surface area contributed by atoms with Crippen molar-refractivity contribution in [2.45, 2.75) is 6.54 Å². The van der Waals surface area contributed by atoms with Crippen LogP contribution in [0.15, 0.2) is 59.6 Å². The second-order valence-electron chi connectivity index (χ2n) is 5.28. The number of rotatable bonds is 5. The van der Waals surface area contributed by atoms with Gasteiger partial charge in [0.05, 0.1) is 13.1 Å². The summed E-state index contributed by atoms with van der Waals surface area (Å²) < 4.78 is 0. The monoisotopic (exact) mass is 424 g/mol. The lowest BCUT2D eigenvalue weighted by Crippen LogP contribution is -2.33. The van der Waals surface area contributed by atoms with Gasteiger partial charge in [-0.15, -0.1) is 17.0 Å². The van der Waals surface area contributed by atoms with E-state index in [2.05, 4.69) is 22.0 Å². The largest absolute Gasteiger partial charge is 0.339 e. The zero-order valence-electron chi connectivity index (χ0n) is 13.0. The fourth-order valence-corrected chi connectivity index (χ4v) is 3.40. The van der Waals surface area contributed by atoms with Crippen LogP contribution in [0, 0.1) is 0 Å². The minimum absolute atomic E-state index is 0. The molecule has 0 spiro atoms. The molecule has 0 amide bonds. The zero-order valence-corrected chi connectivity index (χ0v) is 16.3. The van der Waals surface area contributed by atoms with E-state index in [1.54, 1.807) is 36.0 Å². The highest BCUT2D eigenvalue weighted by atomic mass is 79.9.